The van der Waals surface area contributed by atoms with E-state index in [-0.39, 0.29) is 6.04 Å². The van der Waals surface area contributed by atoms with Crippen molar-refractivity contribution in [3.8, 4) is 0 Å². The maximum absolute atomic E-state index is 4.98. The molecule has 0 amide bonds. The summed E-state index contributed by atoms with van der Waals surface area (Å²) in [7, 11) is 3.95. The van der Waals surface area contributed by atoms with Crippen LogP contribution in [0.3, 0.4) is 0 Å². The summed E-state index contributed by atoms with van der Waals surface area (Å²) in [5, 5.41) is 3.71. The molecule has 4 heteroatoms. The van der Waals surface area contributed by atoms with Crippen LogP contribution in [-0.2, 0) is 0 Å². The van der Waals surface area contributed by atoms with Gasteiger partial charge in [-0.05, 0) is 27.9 Å². The molecule has 0 unspecified atom stereocenters. The summed E-state index contributed by atoms with van der Waals surface area (Å²) in [6.45, 7) is 3.84. The third-order valence-electron chi connectivity index (χ3n) is 1.68. The second kappa shape index (κ2) is 3.00. The van der Waals surface area contributed by atoms with E-state index < -0.39 is 0 Å². The summed E-state index contributed by atoms with van der Waals surface area (Å²) < 4.78 is 4.98. The quantitative estimate of drug-likeness (QED) is 0.639. The van der Waals surface area contributed by atoms with E-state index in [2.05, 4.69) is 10.1 Å². The zero-order valence-electron chi connectivity index (χ0n) is 7.33. The Kier molecular flexibility index (Phi) is 2.24. The van der Waals surface area contributed by atoms with Crippen molar-refractivity contribution in [2.75, 3.05) is 14.1 Å². The molecule has 1 aromatic rings. The molecule has 0 aliphatic rings. The van der Waals surface area contributed by atoms with Gasteiger partial charge in [0.15, 0.2) is 5.82 Å². The Morgan fingerprint density at radius 2 is 2.09 bits per heavy atom. The fraction of sp³-hybridized carbons (Fsp3) is 0.714. The van der Waals surface area contributed by atoms with Crippen LogP contribution in [0.5, 0.6) is 0 Å². The number of nitrogens with zero attached hydrogens (tertiary/aromatic N) is 3. The molecule has 1 atom stereocenters. The van der Waals surface area contributed by atoms with Gasteiger partial charge >= 0.3 is 0 Å². The first kappa shape index (κ1) is 8.20. The summed E-state index contributed by atoms with van der Waals surface area (Å²) in [6, 6.07) is 0.191. The van der Waals surface area contributed by atoms with Gasteiger partial charge in [-0.15, -0.1) is 0 Å². The van der Waals surface area contributed by atoms with Crippen molar-refractivity contribution in [1.29, 1.82) is 0 Å². The summed E-state index contributed by atoms with van der Waals surface area (Å²) in [4.78, 5) is 6.13. The molecule has 1 aromatic heterocycles. The van der Waals surface area contributed by atoms with E-state index in [1.807, 2.05) is 32.8 Å². The van der Waals surface area contributed by atoms with Gasteiger partial charge in [0.1, 0.15) is 0 Å². The Bertz CT molecular complexity index is 231. The normalized spacial score (nSPS) is 13.9. The van der Waals surface area contributed by atoms with Crippen LogP contribution in [0.25, 0.3) is 0 Å². The fourth-order valence-corrected chi connectivity index (χ4v) is 0.704. The molecule has 0 saturated carbocycles. The fourth-order valence-electron chi connectivity index (χ4n) is 0.704. The van der Waals surface area contributed by atoms with Crippen LogP contribution in [0.1, 0.15) is 24.7 Å². The summed E-state index contributed by atoms with van der Waals surface area (Å²) in [6.07, 6.45) is 0. The smallest absolute Gasteiger partial charge is 0.243 e. The first-order valence-electron chi connectivity index (χ1n) is 3.58. The highest BCUT2D eigenvalue weighted by Gasteiger charge is 2.13. The van der Waals surface area contributed by atoms with Crippen molar-refractivity contribution in [3.05, 3.63) is 11.7 Å². The molecule has 0 aromatic carbocycles. The molecule has 0 aliphatic carbocycles. The van der Waals surface area contributed by atoms with Gasteiger partial charge in [0.2, 0.25) is 5.89 Å². The van der Waals surface area contributed by atoms with Gasteiger partial charge in [0.05, 0.1) is 6.04 Å². The lowest BCUT2D eigenvalue weighted by Gasteiger charge is -2.14. The van der Waals surface area contributed by atoms with Gasteiger partial charge in [-0.2, -0.15) is 4.98 Å². The van der Waals surface area contributed by atoms with Crippen LogP contribution in [0.15, 0.2) is 4.52 Å². The van der Waals surface area contributed by atoms with Gasteiger partial charge < -0.3 is 4.52 Å². The van der Waals surface area contributed by atoms with E-state index in [0.29, 0.717) is 11.7 Å². The van der Waals surface area contributed by atoms with E-state index in [9.17, 15) is 0 Å². The van der Waals surface area contributed by atoms with E-state index >= 15 is 0 Å². The van der Waals surface area contributed by atoms with Crippen LogP contribution >= 0.6 is 0 Å². The van der Waals surface area contributed by atoms with Gasteiger partial charge in [0, 0.05) is 0 Å². The molecule has 0 saturated heterocycles. The summed E-state index contributed by atoms with van der Waals surface area (Å²) in [5.41, 5.74) is 0. The highest BCUT2D eigenvalue weighted by molar-refractivity contribution is 4.88. The van der Waals surface area contributed by atoms with Crippen LogP contribution < -0.4 is 0 Å². The van der Waals surface area contributed by atoms with E-state index in [1.54, 1.807) is 0 Å². The third kappa shape index (κ3) is 1.77. The SMILES string of the molecule is Cc1noc([C@H](C)N(C)C)n1. The van der Waals surface area contributed by atoms with Gasteiger partial charge in [-0.1, -0.05) is 5.16 Å². The van der Waals surface area contributed by atoms with Crippen molar-refractivity contribution < 1.29 is 4.52 Å². The Morgan fingerprint density at radius 1 is 1.45 bits per heavy atom. The minimum Gasteiger partial charge on any atom is -0.338 e. The Balaban J connectivity index is 2.76. The zero-order valence-corrected chi connectivity index (χ0v) is 7.33. The third-order valence-corrected chi connectivity index (χ3v) is 1.68. The predicted molar refractivity (Wildman–Crippen MR) is 41.1 cm³/mol. The van der Waals surface area contributed by atoms with E-state index in [1.165, 1.54) is 0 Å². The highest BCUT2D eigenvalue weighted by atomic mass is 16.5. The molecular weight excluding hydrogens is 142 g/mol. The maximum Gasteiger partial charge on any atom is 0.243 e. The average Bonchev–Trinajstić information content (AvgIpc) is 2.34. The highest BCUT2D eigenvalue weighted by Crippen LogP contribution is 2.13. The van der Waals surface area contributed by atoms with Crippen LogP contribution in [0, 0.1) is 6.92 Å². The number of hydrogen-bond donors (Lipinski definition) is 0. The molecule has 0 N–H and O–H groups in total. The zero-order chi connectivity index (χ0) is 8.43. The summed E-state index contributed by atoms with van der Waals surface area (Å²) in [5.74, 6) is 1.36. The molecule has 1 heterocycles. The second-order valence-electron chi connectivity index (χ2n) is 2.82. The van der Waals surface area contributed by atoms with Gasteiger partial charge in [-0.25, -0.2) is 0 Å². The van der Waals surface area contributed by atoms with Crippen molar-refractivity contribution in [2.45, 2.75) is 19.9 Å². The Labute approximate surface area is 66.2 Å². The minimum absolute atomic E-state index is 0.191. The van der Waals surface area contributed by atoms with Gasteiger partial charge in [0.25, 0.3) is 0 Å². The van der Waals surface area contributed by atoms with Crippen molar-refractivity contribution in [2.24, 2.45) is 0 Å². The molecule has 4 nitrogen and oxygen atoms in total. The number of rotatable bonds is 2. The first-order chi connectivity index (χ1) is 5.11. The predicted octanol–water partition coefficient (Wildman–Crippen LogP) is 1.00. The van der Waals surface area contributed by atoms with Crippen molar-refractivity contribution in [3.63, 3.8) is 0 Å². The van der Waals surface area contributed by atoms with Crippen LogP contribution in [0.2, 0.25) is 0 Å². The molecule has 11 heavy (non-hydrogen) atoms. The number of aromatic nitrogens is 2. The van der Waals surface area contributed by atoms with Crippen molar-refractivity contribution >= 4 is 0 Å². The lowest BCUT2D eigenvalue weighted by atomic mass is 10.3. The topological polar surface area (TPSA) is 42.2 Å². The van der Waals surface area contributed by atoms with Gasteiger partial charge in [-0.3, -0.25) is 4.90 Å². The molecular formula is C7H13N3O. The molecule has 0 radical (unpaired) electrons. The molecule has 0 fully saturated rings. The average molecular weight is 155 g/mol. The Hall–Kier alpha value is -0.900. The molecule has 62 valence electrons. The number of aryl methyl sites for hydroxylation is 1. The molecule has 0 bridgehead atoms. The van der Waals surface area contributed by atoms with Crippen molar-refractivity contribution in [1.82, 2.24) is 15.0 Å². The van der Waals surface area contributed by atoms with Crippen LogP contribution in [0.4, 0.5) is 0 Å². The number of hydrogen-bond acceptors (Lipinski definition) is 4. The first-order valence-corrected chi connectivity index (χ1v) is 3.58. The minimum atomic E-state index is 0.191. The lowest BCUT2D eigenvalue weighted by molar-refractivity contribution is 0.245. The maximum atomic E-state index is 4.98. The molecule has 1 rings (SSSR count). The summed E-state index contributed by atoms with van der Waals surface area (Å²) >= 11 is 0. The largest absolute Gasteiger partial charge is 0.338 e. The molecule has 0 spiro atoms. The Morgan fingerprint density at radius 3 is 2.45 bits per heavy atom. The van der Waals surface area contributed by atoms with E-state index in [4.69, 9.17) is 4.52 Å². The monoisotopic (exact) mass is 155 g/mol. The van der Waals surface area contributed by atoms with E-state index in [0.717, 1.165) is 0 Å². The van der Waals surface area contributed by atoms with Crippen LogP contribution in [-0.4, -0.2) is 29.1 Å². The second-order valence-corrected chi connectivity index (χ2v) is 2.82. The molecule has 0 aliphatic heterocycles. The lowest BCUT2D eigenvalue weighted by Crippen LogP contribution is -2.16. The standard InChI is InChI=1S/C7H13N3O/c1-5(10(3)4)7-8-6(2)9-11-7/h5H,1-4H3/t5-/m0/s1.